The van der Waals surface area contributed by atoms with E-state index in [0.29, 0.717) is 23.3 Å². The maximum atomic E-state index is 11.6. The van der Waals surface area contributed by atoms with Gasteiger partial charge in [0.2, 0.25) is 5.75 Å². The second kappa shape index (κ2) is 6.02. The Morgan fingerprint density at radius 2 is 1.96 bits per heavy atom. The van der Waals surface area contributed by atoms with Crippen LogP contribution in [0.3, 0.4) is 0 Å². The van der Waals surface area contributed by atoms with E-state index in [4.69, 9.17) is 18.6 Å². The van der Waals surface area contributed by atoms with Crippen LogP contribution in [-0.4, -0.2) is 35.5 Å². The van der Waals surface area contributed by atoms with Crippen molar-refractivity contribution in [2.75, 3.05) is 6.61 Å². The summed E-state index contributed by atoms with van der Waals surface area (Å²) in [5.41, 5.74) is -1.49. The number of aliphatic hydroxyl groups is 1. The highest BCUT2D eigenvalue weighted by atomic mass is 16.6. The topological polar surface area (TPSA) is 95.2 Å². The quantitative estimate of drug-likeness (QED) is 0.661. The molecule has 7 nitrogen and oxygen atoms in total. The van der Waals surface area contributed by atoms with Gasteiger partial charge in [-0.15, -0.1) is 0 Å². The third-order valence-corrected chi connectivity index (χ3v) is 4.99. The molecule has 0 saturated carbocycles. The average molecular weight is 360 g/mol. The van der Waals surface area contributed by atoms with Crippen molar-refractivity contribution in [1.29, 1.82) is 0 Å². The van der Waals surface area contributed by atoms with Gasteiger partial charge in [0.25, 0.3) is 0 Å². The highest BCUT2D eigenvalue weighted by Crippen LogP contribution is 2.41. The van der Waals surface area contributed by atoms with Gasteiger partial charge in [0.1, 0.15) is 18.3 Å². The van der Waals surface area contributed by atoms with Crippen molar-refractivity contribution < 1.29 is 28.5 Å². The van der Waals surface area contributed by atoms with Crippen LogP contribution in [0.4, 0.5) is 0 Å². The summed E-state index contributed by atoms with van der Waals surface area (Å²) in [6.07, 6.45) is -0.248. The van der Waals surface area contributed by atoms with Crippen LogP contribution >= 0.6 is 0 Å². The van der Waals surface area contributed by atoms with Crippen LogP contribution in [0, 0.1) is 5.92 Å². The molecule has 1 N–H and O–H groups in total. The highest BCUT2D eigenvalue weighted by molar-refractivity contribution is 5.85. The number of ether oxygens (including phenoxy) is 3. The van der Waals surface area contributed by atoms with E-state index in [2.05, 4.69) is 0 Å². The molecule has 1 fully saturated rings. The van der Waals surface area contributed by atoms with Crippen molar-refractivity contribution in [2.24, 2.45) is 5.92 Å². The van der Waals surface area contributed by atoms with Crippen LogP contribution in [-0.2, 0) is 9.53 Å². The van der Waals surface area contributed by atoms with E-state index in [1.807, 2.05) is 6.92 Å². The number of fused-ring (bicyclic) bond motifs is 3. The standard InChI is InChI=1S/C19H20O7/c1-10-7-12(24-18(10)21)8-19(2,22)14-9-23-13-5-3-11-4-6-15(20)26-16(11)17(13)25-14/h3-6,10,12,14,22H,7-9H2,1-2H3. The molecule has 0 spiro atoms. The molecule has 0 aliphatic carbocycles. The lowest BCUT2D eigenvalue weighted by atomic mass is 9.89. The first-order valence-corrected chi connectivity index (χ1v) is 8.63. The van der Waals surface area contributed by atoms with Gasteiger partial charge in [0.15, 0.2) is 17.4 Å². The Labute approximate surface area is 149 Å². The van der Waals surface area contributed by atoms with E-state index in [1.54, 1.807) is 25.1 Å². The minimum Gasteiger partial charge on any atom is -0.486 e. The van der Waals surface area contributed by atoms with Crippen LogP contribution in [0.5, 0.6) is 11.5 Å². The molecule has 4 unspecified atom stereocenters. The summed E-state index contributed by atoms with van der Waals surface area (Å²) in [6.45, 7) is 3.57. The van der Waals surface area contributed by atoms with E-state index in [1.165, 1.54) is 6.07 Å². The molecule has 2 aliphatic rings. The van der Waals surface area contributed by atoms with E-state index >= 15 is 0 Å². The summed E-state index contributed by atoms with van der Waals surface area (Å²) in [6, 6.07) is 6.49. The predicted octanol–water partition coefficient (Wildman–Crippen LogP) is 2.03. The predicted molar refractivity (Wildman–Crippen MR) is 91.3 cm³/mol. The van der Waals surface area contributed by atoms with Gasteiger partial charge in [0, 0.05) is 17.9 Å². The van der Waals surface area contributed by atoms with Crippen LogP contribution < -0.4 is 15.1 Å². The second-order valence-electron chi connectivity index (χ2n) is 7.24. The minimum absolute atomic E-state index is 0.138. The lowest BCUT2D eigenvalue weighted by Gasteiger charge is -2.37. The van der Waals surface area contributed by atoms with Gasteiger partial charge in [-0.3, -0.25) is 4.79 Å². The molecule has 0 bridgehead atoms. The molecule has 1 aromatic carbocycles. The van der Waals surface area contributed by atoms with Gasteiger partial charge in [-0.1, -0.05) is 6.92 Å². The zero-order valence-corrected chi connectivity index (χ0v) is 14.6. The Balaban J connectivity index is 1.60. The van der Waals surface area contributed by atoms with Gasteiger partial charge < -0.3 is 23.7 Å². The summed E-state index contributed by atoms with van der Waals surface area (Å²) < 4.78 is 22.3. The van der Waals surface area contributed by atoms with Crippen molar-refractivity contribution in [3.63, 3.8) is 0 Å². The highest BCUT2D eigenvalue weighted by Gasteiger charge is 2.43. The fourth-order valence-corrected chi connectivity index (χ4v) is 3.50. The number of esters is 1. The van der Waals surface area contributed by atoms with Gasteiger partial charge >= 0.3 is 11.6 Å². The zero-order chi connectivity index (χ0) is 18.5. The van der Waals surface area contributed by atoms with Crippen molar-refractivity contribution in [3.8, 4) is 11.5 Å². The third kappa shape index (κ3) is 2.92. The molecule has 138 valence electrons. The number of carbonyl (C=O) groups excluding carboxylic acids is 1. The maximum absolute atomic E-state index is 11.6. The molecule has 3 heterocycles. The fraction of sp³-hybridized carbons (Fsp3) is 0.474. The molecule has 1 saturated heterocycles. The number of carbonyl (C=O) groups is 1. The molecular weight excluding hydrogens is 340 g/mol. The smallest absolute Gasteiger partial charge is 0.336 e. The Kier molecular flexibility index (Phi) is 3.91. The number of hydrogen-bond donors (Lipinski definition) is 1. The van der Waals surface area contributed by atoms with Gasteiger partial charge in [0.05, 0.1) is 5.92 Å². The molecule has 2 aliphatic heterocycles. The molecule has 4 rings (SSSR count). The number of benzene rings is 1. The van der Waals surface area contributed by atoms with Gasteiger partial charge in [-0.05, 0) is 31.5 Å². The summed E-state index contributed by atoms with van der Waals surface area (Å²) in [5.74, 6) is 0.344. The molecule has 7 heteroatoms. The third-order valence-electron chi connectivity index (χ3n) is 4.99. The molecule has 2 aromatic rings. The SMILES string of the molecule is CC1CC(CC(C)(O)C2COc3ccc4ccc(=O)oc4c3O2)OC1=O. The van der Waals surface area contributed by atoms with Crippen LogP contribution in [0.25, 0.3) is 11.0 Å². The first-order chi connectivity index (χ1) is 12.3. The molecule has 4 atom stereocenters. The molecule has 0 radical (unpaired) electrons. The number of hydrogen-bond acceptors (Lipinski definition) is 7. The Bertz CT molecular complexity index is 914. The van der Waals surface area contributed by atoms with Crippen molar-refractivity contribution >= 4 is 16.9 Å². The largest absolute Gasteiger partial charge is 0.486 e. The van der Waals surface area contributed by atoms with E-state index < -0.39 is 17.3 Å². The monoisotopic (exact) mass is 360 g/mol. The first kappa shape index (κ1) is 16.9. The van der Waals surface area contributed by atoms with Gasteiger partial charge in [-0.25, -0.2) is 4.79 Å². The first-order valence-electron chi connectivity index (χ1n) is 8.63. The lowest BCUT2D eigenvalue weighted by molar-refractivity contribution is -0.148. The Hall–Kier alpha value is -2.54. The second-order valence-corrected chi connectivity index (χ2v) is 7.24. The van der Waals surface area contributed by atoms with E-state index in [-0.39, 0.29) is 36.6 Å². The molecule has 1 aromatic heterocycles. The van der Waals surface area contributed by atoms with Crippen LogP contribution in [0.15, 0.2) is 33.5 Å². The van der Waals surface area contributed by atoms with Gasteiger partial charge in [-0.2, -0.15) is 0 Å². The summed E-state index contributed by atoms with van der Waals surface area (Å²) >= 11 is 0. The lowest BCUT2D eigenvalue weighted by Crippen LogP contribution is -2.50. The van der Waals surface area contributed by atoms with Crippen molar-refractivity contribution in [2.45, 2.75) is 44.5 Å². The molecular formula is C19H20O7. The fourth-order valence-electron chi connectivity index (χ4n) is 3.50. The number of rotatable bonds is 3. The normalized spacial score (nSPS) is 27.2. The van der Waals surface area contributed by atoms with Crippen LogP contribution in [0.2, 0.25) is 0 Å². The summed E-state index contributed by atoms with van der Waals surface area (Å²) in [7, 11) is 0. The van der Waals surface area contributed by atoms with Crippen molar-refractivity contribution in [1.82, 2.24) is 0 Å². The summed E-state index contributed by atoms with van der Waals surface area (Å²) in [5, 5.41) is 11.6. The number of cyclic esters (lactones) is 1. The van der Waals surface area contributed by atoms with Crippen LogP contribution in [0.1, 0.15) is 26.7 Å². The zero-order valence-electron chi connectivity index (χ0n) is 14.6. The van der Waals surface area contributed by atoms with Crippen molar-refractivity contribution in [3.05, 3.63) is 34.7 Å². The Morgan fingerprint density at radius 1 is 1.19 bits per heavy atom. The van der Waals surface area contributed by atoms with E-state index in [0.717, 1.165) is 0 Å². The minimum atomic E-state index is -1.29. The van der Waals surface area contributed by atoms with E-state index in [9.17, 15) is 14.7 Å². The Morgan fingerprint density at radius 3 is 2.69 bits per heavy atom. The molecule has 0 amide bonds. The average Bonchev–Trinajstić information content (AvgIpc) is 2.91. The maximum Gasteiger partial charge on any atom is 0.336 e. The summed E-state index contributed by atoms with van der Waals surface area (Å²) in [4.78, 5) is 23.2. The molecule has 26 heavy (non-hydrogen) atoms.